The van der Waals surface area contributed by atoms with Crippen LogP contribution in [0.15, 0.2) is 36.1 Å². The Balaban J connectivity index is 2.48. The third-order valence-electron chi connectivity index (χ3n) is 2.55. The molecular formula is C15H23N3O3. The number of carbonyl (C=O) groups excluding carboxylic acids is 2. The predicted octanol–water partition coefficient (Wildman–Crippen LogP) is 1.35. The fourth-order valence-electron chi connectivity index (χ4n) is 1.63. The number of hydrogen-bond acceptors (Lipinski definition) is 4. The molecule has 0 aromatic carbocycles. The summed E-state index contributed by atoms with van der Waals surface area (Å²) in [7, 11) is 0. The molecule has 0 saturated heterocycles. The second-order valence-corrected chi connectivity index (χ2v) is 6.05. The van der Waals surface area contributed by atoms with Gasteiger partial charge in [-0.3, -0.25) is 4.79 Å². The van der Waals surface area contributed by atoms with Crippen LogP contribution < -0.4 is 16.4 Å². The highest BCUT2D eigenvalue weighted by molar-refractivity contribution is 5.83. The molecule has 21 heavy (non-hydrogen) atoms. The smallest absolute Gasteiger partial charge is 0.408 e. The highest BCUT2D eigenvalue weighted by Gasteiger charge is 2.22. The van der Waals surface area contributed by atoms with E-state index in [0.717, 1.165) is 0 Å². The van der Waals surface area contributed by atoms with Gasteiger partial charge in [0.2, 0.25) is 5.91 Å². The first kappa shape index (κ1) is 16.8. The summed E-state index contributed by atoms with van der Waals surface area (Å²) in [5.41, 5.74) is 5.04. The first-order valence-electron chi connectivity index (χ1n) is 6.72. The molecule has 0 fully saturated rings. The number of rotatable bonds is 3. The maximum absolute atomic E-state index is 11.9. The van der Waals surface area contributed by atoms with Crippen molar-refractivity contribution in [2.45, 2.75) is 38.8 Å². The Morgan fingerprint density at radius 1 is 1.33 bits per heavy atom. The molecule has 1 atom stereocenters. The van der Waals surface area contributed by atoms with E-state index in [4.69, 9.17) is 10.5 Å². The molecule has 1 rings (SSSR count). The highest BCUT2D eigenvalue weighted by atomic mass is 16.6. The van der Waals surface area contributed by atoms with E-state index < -0.39 is 17.2 Å². The summed E-state index contributed by atoms with van der Waals surface area (Å²) in [6.07, 6.45) is 8.22. The maximum Gasteiger partial charge on any atom is 0.408 e. The standard InChI is InChI=1S/C15H23N3O3/c1-14(2,3)21-13(20)17-10-12(19)18-15(4)8-5-6-11(16)7-9-15/h5-9H,10,16H2,1-4H3,(H,17,20)(H,18,19). The van der Waals surface area contributed by atoms with Gasteiger partial charge in [0, 0.05) is 5.70 Å². The van der Waals surface area contributed by atoms with Crippen LogP contribution in [0.3, 0.4) is 0 Å². The summed E-state index contributed by atoms with van der Waals surface area (Å²) in [6, 6.07) is 0. The molecule has 1 aliphatic rings. The molecule has 1 unspecified atom stereocenters. The molecule has 0 aliphatic heterocycles. The molecule has 0 heterocycles. The molecule has 2 amide bonds. The number of alkyl carbamates (subject to hydrolysis) is 1. The molecule has 0 aromatic heterocycles. The summed E-state index contributed by atoms with van der Waals surface area (Å²) in [5.74, 6) is -0.321. The first-order valence-corrected chi connectivity index (χ1v) is 6.72. The van der Waals surface area contributed by atoms with Crippen LogP contribution in [0.25, 0.3) is 0 Å². The van der Waals surface area contributed by atoms with Crippen LogP contribution in [-0.4, -0.2) is 29.7 Å². The Bertz CT molecular complexity index is 501. The van der Waals surface area contributed by atoms with Crippen molar-refractivity contribution in [1.82, 2.24) is 10.6 Å². The second kappa shape index (κ2) is 6.47. The van der Waals surface area contributed by atoms with Crippen molar-refractivity contribution in [3.05, 3.63) is 36.1 Å². The van der Waals surface area contributed by atoms with Crippen LogP contribution in [0.1, 0.15) is 27.7 Å². The number of nitrogens with one attached hydrogen (secondary N) is 2. The lowest BCUT2D eigenvalue weighted by molar-refractivity contribution is -0.121. The Kier molecular flexibility index (Phi) is 5.18. The van der Waals surface area contributed by atoms with E-state index in [0.29, 0.717) is 5.70 Å². The summed E-state index contributed by atoms with van der Waals surface area (Å²) in [5, 5.41) is 5.21. The average Bonchev–Trinajstić information content (AvgIpc) is 2.47. The van der Waals surface area contributed by atoms with E-state index in [1.54, 1.807) is 45.1 Å². The predicted molar refractivity (Wildman–Crippen MR) is 81.3 cm³/mol. The molecule has 4 N–H and O–H groups in total. The fourth-order valence-corrected chi connectivity index (χ4v) is 1.63. The van der Waals surface area contributed by atoms with Crippen molar-refractivity contribution in [3.63, 3.8) is 0 Å². The van der Waals surface area contributed by atoms with Gasteiger partial charge in [-0.15, -0.1) is 0 Å². The fraction of sp³-hybridized carbons (Fsp3) is 0.467. The third kappa shape index (κ3) is 6.65. The Morgan fingerprint density at radius 3 is 2.62 bits per heavy atom. The van der Waals surface area contributed by atoms with Crippen LogP contribution in [0.2, 0.25) is 0 Å². The minimum absolute atomic E-state index is 0.158. The molecule has 1 aliphatic carbocycles. The van der Waals surface area contributed by atoms with Gasteiger partial charge in [-0.05, 0) is 39.8 Å². The van der Waals surface area contributed by atoms with Crippen molar-refractivity contribution in [2.75, 3.05) is 6.54 Å². The number of hydrogen-bond donors (Lipinski definition) is 3. The number of allylic oxidation sites excluding steroid dienone is 3. The van der Waals surface area contributed by atoms with Crippen LogP contribution >= 0.6 is 0 Å². The second-order valence-electron chi connectivity index (χ2n) is 6.05. The number of nitrogens with two attached hydrogens (primary N) is 1. The van der Waals surface area contributed by atoms with Crippen LogP contribution in [0, 0.1) is 0 Å². The molecule has 0 spiro atoms. The van der Waals surface area contributed by atoms with Crippen LogP contribution in [-0.2, 0) is 9.53 Å². The van der Waals surface area contributed by atoms with Gasteiger partial charge in [0.1, 0.15) is 12.1 Å². The molecule has 0 radical (unpaired) electrons. The maximum atomic E-state index is 11.9. The van der Waals surface area contributed by atoms with Crippen molar-refractivity contribution in [2.24, 2.45) is 5.73 Å². The minimum atomic E-state index is -0.648. The average molecular weight is 293 g/mol. The first-order chi connectivity index (χ1) is 9.60. The normalized spacial score (nSPS) is 21.2. The van der Waals surface area contributed by atoms with Gasteiger partial charge in [-0.1, -0.05) is 18.2 Å². The van der Waals surface area contributed by atoms with E-state index in [1.807, 2.05) is 13.0 Å². The van der Waals surface area contributed by atoms with Crippen molar-refractivity contribution >= 4 is 12.0 Å². The largest absolute Gasteiger partial charge is 0.444 e. The van der Waals surface area contributed by atoms with Gasteiger partial charge in [0.05, 0.1) is 5.54 Å². The number of ether oxygens (including phenoxy) is 1. The quantitative estimate of drug-likeness (QED) is 0.732. The summed E-state index contributed by atoms with van der Waals surface area (Å²) >= 11 is 0. The highest BCUT2D eigenvalue weighted by Crippen LogP contribution is 2.12. The summed E-state index contributed by atoms with van der Waals surface area (Å²) in [4.78, 5) is 23.3. The molecule has 0 saturated carbocycles. The van der Waals surface area contributed by atoms with Gasteiger partial charge < -0.3 is 21.1 Å². The lowest BCUT2D eigenvalue weighted by atomic mass is 10.0. The van der Waals surface area contributed by atoms with Crippen molar-refractivity contribution < 1.29 is 14.3 Å². The molecule has 6 heteroatoms. The molecule has 0 aromatic rings. The van der Waals surface area contributed by atoms with E-state index in [2.05, 4.69) is 10.6 Å². The van der Waals surface area contributed by atoms with Gasteiger partial charge in [0.15, 0.2) is 0 Å². The van der Waals surface area contributed by atoms with Crippen molar-refractivity contribution in [3.8, 4) is 0 Å². The zero-order valence-electron chi connectivity index (χ0n) is 12.9. The Morgan fingerprint density at radius 2 is 2.00 bits per heavy atom. The Hall–Kier alpha value is -2.24. The van der Waals surface area contributed by atoms with Gasteiger partial charge in [-0.2, -0.15) is 0 Å². The van der Waals surface area contributed by atoms with E-state index in [9.17, 15) is 9.59 Å². The van der Waals surface area contributed by atoms with E-state index in [1.165, 1.54) is 0 Å². The van der Waals surface area contributed by atoms with Crippen LogP contribution in [0.4, 0.5) is 4.79 Å². The Labute approximate surface area is 125 Å². The van der Waals surface area contributed by atoms with E-state index >= 15 is 0 Å². The molecule has 116 valence electrons. The van der Waals surface area contributed by atoms with Crippen LogP contribution in [0.5, 0.6) is 0 Å². The third-order valence-corrected chi connectivity index (χ3v) is 2.55. The SMILES string of the molecule is CC1(NC(=O)CNC(=O)OC(C)(C)C)C=CC=C(N)C=C1. The lowest BCUT2D eigenvalue weighted by Gasteiger charge is -2.24. The minimum Gasteiger partial charge on any atom is -0.444 e. The van der Waals surface area contributed by atoms with Crippen molar-refractivity contribution in [1.29, 1.82) is 0 Å². The van der Waals surface area contributed by atoms with E-state index in [-0.39, 0.29) is 12.5 Å². The zero-order chi connectivity index (χ0) is 16.1. The van der Waals surface area contributed by atoms with Gasteiger partial charge in [-0.25, -0.2) is 4.79 Å². The topological polar surface area (TPSA) is 93.5 Å². The zero-order valence-corrected chi connectivity index (χ0v) is 12.9. The molecular weight excluding hydrogens is 270 g/mol. The van der Waals surface area contributed by atoms with Gasteiger partial charge in [0.25, 0.3) is 0 Å². The summed E-state index contributed by atoms with van der Waals surface area (Å²) in [6.45, 7) is 6.94. The lowest BCUT2D eigenvalue weighted by Crippen LogP contribution is -2.47. The number of carbonyl (C=O) groups is 2. The molecule has 0 bridgehead atoms. The molecule has 6 nitrogen and oxygen atoms in total. The monoisotopic (exact) mass is 293 g/mol. The summed E-state index contributed by atoms with van der Waals surface area (Å²) < 4.78 is 5.05. The van der Waals surface area contributed by atoms with Gasteiger partial charge >= 0.3 is 6.09 Å². The number of amides is 2.